The normalized spacial score (nSPS) is 18.7. The minimum absolute atomic E-state index is 0.165. The van der Waals surface area contributed by atoms with Gasteiger partial charge >= 0.3 is 198 Å². The van der Waals surface area contributed by atoms with E-state index in [4.69, 9.17) is 0 Å². The standard InChI is InChI=1S/C13H18BN4.3C4H9.Sn/c1-11-6-13(9-15,10-16)7-12(11)8-14(17(2)3)18(4)5;3*1-3-4-2;/h1,8H,6-7H2,2-5H3;3*1,3-4H2,2H3;. The molecule has 0 aromatic rings. The molecule has 4 nitrogen and oxygen atoms in total. The summed E-state index contributed by atoms with van der Waals surface area (Å²) in [6, 6.07) is 4.77. The van der Waals surface area contributed by atoms with Crippen LogP contribution in [0.2, 0.25) is 13.3 Å². The van der Waals surface area contributed by atoms with Crippen molar-refractivity contribution in [3.63, 3.8) is 0 Å². The van der Waals surface area contributed by atoms with Crippen molar-refractivity contribution in [1.29, 1.82) is 10.5 Å². The fourth-order valence-corrected chi connectivity index (χ4v) is 20.3. The van der Waals surface area contributed by atoms with Crippen molar-refractivity contribution in [3.8, 4) is 12.1 Å². The summed E-state index contributed by atoms with van der Waals surface area (Å²) >= 11 is -2.52. The number of allylic oxidation sites excluding steroid dienone is 2. The Balaban J connectivity index is 3.55. The molecule has 0 N–H and O–H groups in total. The maximum atomic E-state index is 9.90. The van der Waals surface area contributed by atoms with Crippen LogP contribution in [0.1, 0.15) is 72.1 Å². The monoisotopic (exact) mass is 532 g/mol. The minimum atomic E-state index is -2.52. The van der Waals surface area contributed by atoms with Gasteiger partial charge in [0.15, 0.2) is 0 Å². The molecule has 0 saturated heterocycles. The number of nitriles is 2. The van der Waals surface area contributed by atoms with Crippen LogP contribution in [-0.4, -0.2) is 63.2 Å². The van der Waals surface area contributed by atoms with E-state index in [1.165, 1.54) is 63.0 Å². The van der Waals surface area contributed by atoms with Crippen molar-refractivity contribution in [2.45, 2.75) is 85.4 Å². The SMILES string of the molecule is CCC[CH2][Sn]([CH]=C1CC(C#N)(C#N)CC1=CB(N(C)C)N(C)C)([CH2]CCC)[CH2]CCC. The van der Waals surface area contributed by atoms with Gasteiger partial charge in [0.25, 0.3) is 0 Å². The van der Waals surface area contributed by atoms with Crippen LogP contribution in [-0.2, 0) is 0 Å². The van der Waals surface area contributed by atoms with Gasteiger partial charge in [-0.3, -0.25) is 0 Å². The number of hydrogen-bond acceptors (Lipinski definition) is 4. The van der Waals surface area contributed by atoms with E-state index in [2.05, 4.69) is 80.8 Å². The third-order valence-electron chi connectivity index (χ3n) is 6.80. The van der Waals surface area contributed by atoms with E-state index in [9.17, 15) is 10.5 Å². The molecule has 0 spiro atoms. The van der Waals surface area contributed by atoms with Crippen molar-refractivity contribution in [3.05, 3.63) is 21.2 Å². The zero-order chi connectivity index (χ0) is 23.5. The zero-order valence-electron chi connectivity index (χ0n) is 21.3. The van der Waals surface area contributed by atoms with Crippen molar-refractivity contribution in [2.24, 2.45) is 5.41 Å². The Hall–Kier alpha value is -0.756. The molecule has 1 rings (SSSR count). The Morgan fingerprint density at radius 2 is 1.26 bits per heavy atom. The molecule has 172 valence electrons. The zero-order valence-corrected chi connectivity index (χ0v) is 24.2. The molecule has 1 fully saturated rings. The molecule has 1 saturated carbocycles. The second-order valence-electron chi connectivity index (χ2n) is 10.0. The molecule has 1 aliphatic carbocycles. The van der Waals surface area contributed by atoms with Gasteiger partial charge in [0, 0.05) is 0 Å². The quantitative estimate of drug-likeness (QED) is 0.266. The fourth-order valence-electron chi connectivity index (χ4n) is 4.92. The molecule has 0 radical (unpaired) electrons. The van der Waals surface area contributed by atoms with E-state index in [1.54, 1.807) is 0 Å². The van der Waals surface area contributed by atoms with Crippen LogP contribution >= 0.6 is 0 Å². The fraction of sp³-hybridized carbons (Fsp3) is 0.760. The first-order valence-corrected chi connectivity index (χ1v) is 20.0. The van der Waals surface area contributed by atoms with Gasteiger partial charge in [-0.15, -0.1) is 0 Å². The van der Waals surface area contributed by atoms with Crippen molar-refractivity contribution < 1.29 is 0 Å². The molecule has 0 bridgehead atoms. The Morgan fingerprint density at radius 3 is 1.61 bits per heavy atom. The van der Waals surface area contributed by atoms with Crippen LogP contribution in [0.4, 0.5) is 0 Å². The van der Waals surface area contributed by atoms with E-state index >= 15 is 0 Å². The molecule has 31 heavy (non-hydrogen) atoms. The summed E-state index contributed by atoms with van der Waals surface area (Å²) < 4.78 is 6.98. The summed E-state index contributed by atoms with van der Waals surface area (Å²) in [6.07, 6.45) is 8.93. The van der Waals surface area contributed by atoms with Crippen LogP contribution in [0.3, 0.4) is 0 Å². The van der Waals surface area contributed by atoms with Crippen molar-refractivity contribution >= 4 is 25.4 Å². The third kappa shape index (κ3) is 8.27. The number of nitrogens with zero attached hydrogens (tertiary/aromatic N) is 4. The van der Waals surface area contributed by atoms with Crippen LogP contribution < -0.4 is 0 Å². The van der Waals surface area contributed by atoms with Gasteiger partial charge < -0.3 is 0 Å². The molecule has 1 aliphatic rings. The van der Waals surface area contributed by atoms with Gasteiger partial charge in [-0.2, -0.15) is 0 Å². The van der Waals surface area contributed by atoms with Crippen molar-refractivity contribution in [1.82, 2.24) is 9.62 Å². The van der Waals surface area contributed by atoms with Crippen LogP contribution in [0.25, 0.3) is 0 Å². The van der Waals surface area contributed by atoms with Gasteiger partial charge in [-0.05, 0) is 0 Å². The molecule has 0 amide bonds. The van der Waals surface area contributed by atoms with E-state index < -0.39 is 23.8 Å². The predicted molar refractivity (Wildman–Crippen MR) is 137 cm³/mol. The van der Waals surface area contributed by atoms with E-state index in [1.807, 2.05) is 0 Å². The summed E-state index contributed by atoms with van der Waals surface area (Å²) in [6.45, 7) is 7.08. The van der Waals surface area contributed by atoms with E-state index in [0.29, 0.717) is 12.8 Å². The third-order valence-corrected chi connectivity index (χ3v) is 21.1. The van der Waals surface area contributed by atoms with E-state index in [-0.39, 0.29) is 6.98 Å². The summed E-state index contributed by atoms with van der Waals surface area (Å²) in [5.74, 6) is 2.32. The molecule has 0 aromatic carbocycles. The van der Waals surface area contributed by atoms with Gasteiger partial charge in [0.05, 0.1) is 0 Å². The number of rotatable bonds is 13. The molecule has 6 heteroatoms. The van der Waals surface area contributed by atoms with Crippen LogP contribution in [0.15, 0.2) is 21.2 Å². The average Bonchev–Trinajstić information content (AvgIpc) is 3.10. The van der Waals surface area contributed by atoms with Gasteiger partial charge in [-0.25, -0.2) is 0 Å². The second kappa shape index (κ2) is 13.7. The summed E-state index contributed by atoms with van der Waals surface area (Å²) in [5.41, 5.74) is 1.70. The summed E-state index contributed by atoms with van der Waals surface area (Å²) in [5, 5.41) is 19.8. The first-order valence-electron chi connectivity index (χ1n) is 12.3. The first kappa shape index (κ1) is 28.3. The molecule has 0 unspecified atom stereocenters. The second-order valence-corrected chi connectivity index (χ2v) is 22.9. The average molecular weight is 531 g/mol. The molecule has 0 aliphatic heterocycles. The maximum absolute atomic E-state index is 9.90. The summed E-state index contributed by atoms with van der Waals surface area (Å²) in [7, 11) is 8.37. The number of unbranched alkanes of at least 4 members (excludes halogenated alkanes) is 3. The number of hydrogen-bond donors (Lipinski definition) is 0. The Kier molecular flexibility index (Phi) is 12.5. The molecule has 0 aromatic heterocycles. The van der Waals surface area contributed by atoms with Gasteiger partial charge in [-0.1, -0.05) is 0 Å². The Morgan fingerprint density at radius 1 is 0.839 bits per heavy atom. The van der Waals surface area contributed by atoms with Gasteiger partial charge in [0.2, 0.25) is 0 Å². The van der Waals surface area contributed by atoms with Crippen molar-refractivity contribution in [2.75, 3.05) is 28.2 Å². The van der Waals surface area contributed by atoms with Crippen LogP contribution in [0.5, 0.6) is 0 Å². The summed E-state index contributed by atoms with van der Waals surface area (Å²) in [4.78, 5) is 4.40. The Labute approximate surface area is 197 Å². The molecule has 0 atom stereocenters. The first-order chi connectivity index (χ1) is 14.7. The molecular formula is C25H45BN4Sn. The van der Waals surface area contributed by atoms with Gasteiger partial charge in [0.1, 0.15) is 0 Å². The van der Waals surface area contributed by atoms with E-state index in [0.717, 1.165) is 0 Å². The van der Waals surface area contributed by atoms with Crippen LogP contribution in [0, 0.1) is 28.1 Å². The topological polar surface area (TPSA) is 54.1 Å². The molecular weight excluding hydrogens is 486 g/mol. The molecule has 0 heterocycles. The Bertz CT molecular complexity index is 656. The predicted octanol–water partition coefficient (Wildman–Crippen LogP) is 6.21.